The first kappa shape index (κ1) is 17.0. The van der Waals surface area contributed by atoms with E-state index in [1.54, 1.807) is 0 Å². The molecule has 2 heterocycles. The molecule has 2 N–H and O–H groups in total. The lowest BCUT2D eigenvalue weighted by atomic mass is 9.51. The molecule has 0 aromatic carbocycles. The van der Waals surface area contributed by atoms with Gasteiger partial charge in [-0.2, -0.15) is 0 Å². The summed E-state index contributed by atoms with van der Waals surface area (Å²) in [5, 5.41) is 5.86. The molecule has 2 rings (SSSR count). The van der Waals surface area contributed by atoms with Gasteiger partial charge in [0, 0.05) is 12.6 Å². The van der Waals surface area contributed by atoms with Gasteiger partial charge in [-0.05, 0) is 48.5 Å². The number of rotatable bonds is 4. The summed E-state index contributed by atoms with van der Waals surface area (Å²) in [6.45, 7) is 13.7. The summed E-state index contributed by atoms with van der Waals surface area (Å²) in [6, 6.07) is 0.00215. The zero-order valence-electron chi connectivity index (χ0n) is 14.7. The highest BCUT2D eigenvalue weighted by atomic mass is 16.5. The minimum absolute atomic E-state index is 0.00215. The van der Waals surface area contributed by atoms with Gasteiger partial charge in [0.1, 0.15) is 11.2 Å². The van der Waals surface area contributed by atoms with Crippen molar-refractivity contribution in [2.75, 3.05) is 6.54 Å². The molecule has 2 amide bonds. The van der Waals surface area contributed by atoms with Crippen molar-refractivity contribution in [2.45, 2.75) is 65.7 Å². The maximum absolute atomic E-state index is 13.0. The van der Waals surface area contributed by atoms with Gasteiger partial charge >= 0.3 is 0 Å². The summed E-state index contributed by atoms with van der Waals surface area (Å²) in [6.07, 6.45) is 3.85. The van der Waals surface area contributed by atoms with Gasteiger partial charge in [-0.15, -0.1) is 0 Å². The van der Waals surface area contributed by atoms with E-state index in [0.717, 1.165) is 0 Å². The molecule has 4 unspecified atom stereocenters. The van der Waals surface area contributed by atoms with Gasteiger partial charge in [0.2, 0.25) is 11.8 Å². The van der Waals surface area contributed by atoms with E-state index in [0.29, 0.717) is 6.54 Å². The molecule has 1 fully saturated rings. The predicted octanol–water partition coefficient (Wildman–Crippen LogP) is 1.78. The van der Waals surface area contributed by atoms with Crippen LogP contribution in [0.15, 0.2) is 12.2 Å². The molecule has 2 bridgehead atoms. The zero-order chi connectivity index (χ0) is 17.0. The molecular formula is C17H28N2O3. The summed E-state index contributed by atoms with van der Waals surface area (Å²) in [7, 11) is 0. The monoisotopic (exact) mass is 308 g/mol. The van der Waals surface area contributed by atoms with Crippen molar-refractivity contribution in [1.29, 1.82) is 0 Å². The maximum Gasteiger partial charge on any atom is 0.230 e. The van der Waals surface area contributed by atoms with E-state index in [-0.39, 0.29) is 17.9 Å². The van der Waals surface area contributed by atoms with Gasteiger partial charge in [0.15, 0.2) is 0 Å². The molecule has 2 aliphatic rings. The third-order valence-electron chi connectivity index (χ3n) is 5.79. The van der Waals surface area contributed by atoms with Crippen molar-refractivity contribution in [3.05, 3.63) is 12.2 Å². The predicted molar refractivity (Wildman–Crippen MR) is 85.2 cm³/mol. The molecular weight excluding hydrogens is 280 g/mol. The molecule has 5 nitrogen and oxygen atoms in total. The fourth-order valence-electron chi connectivity index (χ4n) is 4.01. The van der Waals surface area contributed by atoms with Gasteiger partial charge in [0.05, 0.1) is 10.8 Å². The first-order valence-electron chi connectivity index (χ1n) is 7.98. The summed E-state index contributed by atoms with van der Waals surface area (Å²) >= 11 is 0. The van der Waals surface area contributed by atoms with Crippen molar-refractivity contribution in [3.8, 4) is 0 Å². The highest BCUT2D eigenvalue weighted by molar-refractivity contribution is 5.97. The highest BCUT2D eigenvalue weighted by Crippen LogP contribution is 2.67. The van der Waals surface area contributed by atoms with E-state index < -0.39 is 22.0 Å². The fraction of sp³-hybridized carbons (Fsp3) is 0.765. The Bertz CT molecular complexity index is 544. The van der Waals surface area contributed by atoms with Crippen molar-refractivity contribution in [3.63, 3.8) is 0 Å². The molecule has 0 aromatic heterocycles. The van der Waals surface area contributed by atoms with Crippen LogP contribution in [-0.2, 0) is 14.3 Å². The summed E-state index contributed by atoms with van der Waals surface area (Å²) in [4.78, 5) is 25.9. The molecule has 4 atom stereocenters. The summed E-state index contributed by atoms with van der Waals surface area (Å²) in [5.41, 5.74) is -3.59. The Hall–Kier alpha value is -1.36. The number of hydrogen-bond donors (Lipinski definition) is 2. The molecule has 0 saturated carbocycles. The van der Waals surface area contributed by atoms with E-state index in [9.17, 15) is 9.59 Å². The largest absolute Gasteiger partial charge is 0.359 e. The number of amides is 2. The van der Waals surface area contributed by atoms with Crippen LogP contribution in [0.5, 0.6) is 0 Å². The molecule has 2 aliphatic heterocycles. The Balaban J connectivity index is 2.60. The maximum atomic E-state index is 13.0. The van der Waals surface area contributed by atoms with Crippen LogP contribution in [0.3, 0.4) is 0 Å². The van der Waals surface area contributed by atoms with E-state index in [1.807, 2.05) is 60.6 Å². The lowest BCUT2D eigenvalue weighted by Crippen LogP contribution is -2.65. The Kier molecular flexibility index (Phi) is 3.72. The molecule has 0 radical (unpaired) electrons. The van der Waals surface area contributed by atoms with Crippen LogP contribution in [0.2, 0.25) is 0 Å². The minimum atomic E-state index is -0.993. The van der Waals surface area contributed by atoms with Gasteiger partial charge in [-0.1, -0.05) is 12.2 Å². The lowest BCUT2D eigenvalue weighted by Gasteiger charge is -2.48. The van der Waals surface area contributed by atoms with Crippen molar-refractivity contribution in [2.24, 2.45) is 10.8 Å². The van der Waals surface area contributed by atoms with E-state index in [2.05, 4.69) is 10.6 Å². The van der Waals surface area contributed by atoms with Crippen LogP contribution in [0.1, 0.15) is 48.5 Å². The number of carbonyl (C=O) groups is 2. The Morgan fingerprint density at radius 1 is 1.00 bits per heavy atom. The Labute approximate surface area is 132 Å². The van der Waals surface area contributed by atoms with Crippen molar-refractivity contribution in [1.82, 2.24) is 10.6 Å². The first-order chi connectivity index (χ1) is 9.98. The third-order valence-corrected chi connectivity index (χ3v) is 5.79. The van der Waals surface area contributed by atoms with E-state index in [1.165, 1.54) is 0 Å². The second kappa shape index (κ2) is 4.82. The fourth-order valence-corrected chi connectivity index (χ4v) is 4.01. The Morgan fingerprint density at radius 3 is 1.86 bits per heavy atom. The van der Waals surface area contributed by atoms with E-state index in [4.69, 9.17) is 4.74 Å². The van der Waals surface area contributed by atoms with Crippen LogP contribution in [0.4, 0.5) is 0 Å². The molecule has 22 heavy (non-hydrogen) atoms. The number of nitrogens with one attached hydrogen (secondary N) is 2. The molecule has 1 saturated heterocycles. The molecule has 0 aliphatic carbocycles. The van der Waals surface area contributed by atoms with Crippen LogP contribution in [-0.4, -0.2) is 35.6 Å². The van der Waals surface area contributed by atoms with Gasteiger partial charge < -0.3 is 15.4 Å². The number of hydrogen-bond acceptors (Lipinski definition) is 3. The summed E-state index contributed by atoms with van der Waals surface area (Å²) < 4.78 is 6.22. The van der Waals surface area contributed by atoms with Crippen molar-refractivity contribution >= 4 is 11.8 Å². The molecule has 0 aromatic rings. The molecule has 5 heteroatoms. The lowest BCUT2D eigenvalue weighted by molar-refractivity contribution is -0.152. The third kappa shape index (κ3) is 1.75. The quantitative estimate of drug-likeness (QED) is 0.778. The number of fused-ring (bicyclic) bond motifs is 2. The van der Waals surface area contributed by atoms with Crippen LogP contribution >= 0.6 is 0 Å². The average Bonchev–Trinajstić information content (AvgIpc) is 2.79. The second-order valence-corrected chi connectivity index (χ2v) is 7.39. The molecule has 124 valence electrons. The summed E-state index contributed by atoms with van der Waals surface area (Å²) in [5.74, 6) is -0.293. The topological polar surface area (TPSA) is 67.4 Å². The number of carbonyl (C=O) groups excluding carboxylic acids is 2. The first-order valence-corrected chi connectivity index (χ1v) is 7.98. The Morgan fingerprint density at radius 2 is 1.45 bits per heavy atom. The van der Waals surface area contributed by atoms with Gasteiger partial charge in [-0.25, -0.2) is 0 Å². The number of ether oxygens (including phenoxy) is 1. The average molecular weight is 308 g/mol. The van der Waals surface area contributed by atoms with Crippen LogP contribution in [0, 0.1) is 10.8 Å². The zero-order valence-corrected chi connectivity index (χ0v) is 14.7. The standard InChI is InChI=1S/C17H28N2O3/c1-8-18-12(20)16(6)14(4)9-10-15(5,22-14)17(16,7)13(21)19-11(2)3/h9-11H,8H2,1-7H3,(H,18,20)(H,19,21). The van der Waals surface area contributed by atoms with E-state index >= 15 is 0 Å². The van der Waals surface area contributed by atoms with Crippen LogP contribution < -0.4 is 10.6 Å². The SMILES string of the molecule is CCNC(=O)C1(C)C2(C)C=CC(C)(O2)C1(C)C(=O)NC(C)C. The minimum Gasteiger partial charge on any atom is -0.359 e. The van der Waals surface area contributed by atoms with Crippen LogP contribution in [0.25, 0.3) is 0 Å². The van der Waals surface area contributed by atoms with Gasteiger partial charge in [-0.3, -0.25) is 9.59 Å². The molecule has 0 spiro atoms. The van der Waals surface area contributed by atoms with Crippen molar-refractivity contribution < 1.29 is 14.3 Å². The van der Waals surface area contributed by atoms with Gasteiger partial charge in [0.25, 0.3) is 0 Å². The normalized spacial score (nSPS) is 42.7. The smallest absolute Gasteiger partial charge is 0.230 e. The second-order valence-electron chi connectivity index (χ2n) is 7.39. The highest BCUT2D eigenvalue weighted by Gasteiger charge is 2.78.